The number of benzene rings is 3. The standard InChI is InChI=1S/C28H21Cl6F2N3O4/c1-27(2,3)43-26(42)38-18-7-6-17(35)23(22(18)36)39-24(40)13-10-12(4-5-14(13)29)37-25(41)20-19(28(20,33)34)11-8-15(30)21(32)16(31)9-11/h4-10,19-20H,1-3H3,(H,37,41)(H,38,42)(H,39,40)/t19-,20+/m0/s1. The first kappa shape index (κ1) is 33.4. The Labute approximate surface area is 275 Å². The van der Waals surface area contributed by atoms with Crippen LogP contribution in [0.25, 0.3) is 0 Å². The van der Waals surface area contributed by atoms with Gasteiger partial charge in [0, 0.05) is 11.6 Å². The monoisotopic (exact) mass is 711 g/mol. The molecule has 4 rings (SSSR count). The van der Waals surface area contributed by atoms with E-state index in [2.05, 4.69) is 16.0 Å². The lowest BCUT2D eigenvalue weighted by molar-refractivity contribution is -0.117. The van der Waals surface area contributed by atoms with Crippen LogP contribution in [0.15, 0.2) is 42.5 Å². The molecule has 228 valence electrons. The SMILES string of the molecule is CC(C)(C)OC(=O)Nc1ccc(F)c(NC(=O)c2cc(NC(=O)[C@H]3[C@H](c4cc(Cl)c(Cl)c(Cl)c4)C3(Cl)Cl)ccc2Cl)c1F. The molecular formula is C28H21Cl6F2N3O4. The molecule has 0 spiro atoms. The van der Waals surface area contributed by atoms with Gasteiger partial charge in [-0.25, -0.2) is 13.6 Å². The van der Waals surface area contributed by atoms with Gasteiger partial charge in [0.1, 0.15) is 21.4 Å². The van der Waals surface area contributed by atoms with Crippen LogP contribution in [-0.4, -0.2) is 27.8 Å². The Balaban J connectivity index is 1.51. The molecule has 43 heavy (non-hydrogen) atoms. The number of anilines is 3. The van der Waals surface area contributed by atoms with Crippen LogP contribution in [0, 0.1) is 17.6 Å². The van der Waals surface area contributed by atoms with E-state index in [1.807, 2.05) is 0 Å². The maximum Gasteiger partial charge on any atom is 0.412 e. The summed E-state index contributed by atoms with van der Waals surface area (Å²) < 4.78 is 33.2. The van der Waals surface area contributed by atoms with E-state index in [1.165, 1.54) is 30.3 Å². The molecule has 2 atom stereocenters. The van der Waals surface area contributed by atoms with Gasteiger partial charge in [-0.15, -0.1) is 23.2 Å². The zero-order chi connectivity index (χ0) is 32.0. The largest absolute Gasteiger partial charge is 0.444 e. The smallest absolute Gasteiger partial charge is 0.412 e. The summed E-state index contributed by atoms with van der Waals surface area (Å²) in [5, 5.41) is 7.26. The van der Waals surface area contributed by atoms with Crippen molar-refractivity contribution in [2.75, 3.05) is 16.0 Å². The molecular weight excluding hydrogens is 693 g/mol. The van der Waals surface area contributed by atoms with Crippen molar-refractivity contribution in [3.63, 3.8) is 0 Å². The summed E-state index contributed by atoms with van der Waals surface area (Å²) in [6.07, 6.45) is -0.986. The average Bonchev–Trinajstić information content (AvgIpc) is 3.48. The fourth-order valence-corrected chi connectivity index (χ4v) is 5.82. The van der Waals surface area contributed by atoms with Gasteiger partial charge in [0.25, 0.3) is 5.91 Å². The molecule has 1 aliphatic rings. The minimum atomic E-state index is -1.50. The third-order valence-electron chi connectivity index (χ3n) is 6.15. The summed E-state index contributed by atoms with van der Waals surface area (Å²) in [5.74, 6) is -5.59. The quantitative estimate of drug-likeness (QED) is 0.175. The molecule has 0 aromatic heterocycles. The Morgan fingerprint density at radius 1 is 0.860 bits per heavy atom. The molecule has 1 fully saturated rings. The van der Waals surface area contributed by atoms with Gasteiger partial charge in [0.05, 0.1) is 37.3 Å². The summed E-state index contributed by atoms with van der Waals surface area (Å²) in [4.78, 5) is 38.2. The number of halogens is 8. The number of nitrogens with one attached hydrogen (secondary N) is 3. The maximum absolute atomic E-state index is 15.1. The minimum absolute atomic E-state index is 0.0851. The van der Waals surface area contributed by atoms with Gasteiger partial charge in [-0.05, 0) is 68.8 Å². The Kier molecular flexibility index (Phi) is 9.67. The number of ether oxygens (including phenoxy) is 1. The van der Waals surface area contributed by atoms with Gasteiger partial charge in [-0.2, -0.15) is 0 Å². The fourth-order valence-electron chi connectivity index (χ4n) is 4.18. The molecule has 3 N–H and O–H groups in total. The predicted octanol–water partition coefficient (Wildman–Crippen LogP) is 9.70. The normalized spacial score (nSPS) is 17.2. The summed E-state index contributed by atoms with van der Waals surface area (Å²) in [5.41, 5.74) is -1.78. The van der Waals surface area contributed by atoms with Crippen LogP contribution in [0.2, 0.25) is 20.1 Å². The summed E-state index contributed by atoms with van der Waals surface area (Å²) in [7, 11) is 0. The van der Waals surface area contributed by atoms with E-state index >= 15 is 4.39 Å². The number of rotatable bonds is 6. The van der Waals surface area contributed by atoms with Crippen molar-refractivity contribution in [3.8, 4) is 0 Å². The van der Waals surface area contributed by atoms with Crippen LogP contribution in [0.5, 0.6) is 0 Å². The Bertz CT molecular complexity index is 1620. The van der Waals surface area contributed by atoms with Crippen molar-refractivity contribution < 1.29 is 27.9 Å². The zero-order valence-electron chi connectivity index (χ0n) is 22.4. The van der Waals surface area contributed by atoms with E-state index in [4.69, 9.17) is 74.3 Å². The first-order chi connectivity index (χ1) is 19.9. The van der Waals surface area contributed by atoms with Crippen LogP contribution in [-0.2, 0) is 9.53 Å². The van der Waals surface area contributed by atoms with Gasteiger partial charge in [0.15, 0.2) is 5.82 Å². The van der Waals surface area contributed by atoms with Gasteiger partial charge < -0.3 is 15.4 Å². The van der Waals surface area contributed by atoms with Gasteiger partial charge in [-0.3, -0.25) is 14.9 Å². The first-order valence-electron chi connectivity index (χ1n) is 12.3. The Morgan fingerprint density at radius 3 is 2.09 bits per heavy atom. The van der Waals surface area contributed by atoms with Crippen molar-refractivity contribution in [3.05, 3.63) is 85.3 Å². The van der Waals surface area contributed by atoms with Crippen molar-refractivity contribution >= 4 is 105 Å². The number of carbonyl (C=O) groups excluding carboxylic acids is 3. The molecule has 0 aliphatic heterocycles. The second kappa shape index (κ2) is 12.5. The predicted molar refractivity (Wildman–Crippen MR) is 166 cm³/mol. The lowest BCUT2D eigenvalue weighted by atomic mass is 10.1. The van der Waals surface area contributed by atoms with E-state index in [0.29, 0.717) is 5.56 Å². The Hall–Kier alpha value is -2.53. The highest BCUT2D eigenvalue weighted by molar-refractivity contribution is 6.54. The molecule has 7 nitrogen and oxygen atoms in total. The molecule has 3 amide bonds. The molecule has 1 aliphatic carbocycles. The van der Waals surface area contributed by atoms with Gasteiger partial charge in [0.2, 0.25) is 5.91 Å². The number of amides is 3. The first-order valence-corrected chi connectivity index (χ1v) is 14.6. The van der Waals surface area contributed by atoms with Crippen molar-refractivity contribution in [2.45, 2.75) is 36.6 Å². The summed E-state index contributed by atoms with van der Waals surface area (Å²) >= 11 is 37.2. The van der Waals surface area contributed by atoms with Crippen molar-refractivity contribution in [2.24, 2.45) is 5.92 Å². The fraction of sp³-hybridized carbons (Fsp3) is 0.250. The topological polar surface area (TPSA) is 96.5 Å². The highest BCUT2D eigenvalue weighted by atomic mass is 35.5. The molecule has 0 unspecified atom stereocenters. The number of hydrogen-bond acceptors (Lipinski definition) is 4. The number of alkyl halides is 2. The third kappa shape index (κ3) is 7.41. The molecule has 3 aromatic carbocycles. The molecule has 3 aromatic rings. The number of carbonyl (C=O) groups is 3. The summed E-state index contributed by atoms with van der Waals surface area (Å²) in [6, 6.07) is 8.74. The van der Waals surface area contributed by atoms with Crippen LogP contribution in [0.1, 0.15) is 42.6 Å². The lowest BCUT2D eigenvalue weighted by Gasteiger charge is -2.20. The highest BCUT2D eigenvalue weighted by Crippen LogP contribution is 2.65. The van der Waals surface area contributed by atoms with E-state index < -0.39 is 62.7 Å². The molecule has 0 bridgehead atoms. The maximum atomic E-state index is 15.1. The average molecular weight is 714 g/mol. The van der Waals surface area contributed by atoms with Gasteiger partial charge in [-0.1, -0.05) is 46.4 Å². The molecule has 0 radical (unpaired) electrons. The highest BCUT2D eigenvalue weighted by Gasteiger charge is 2.67. The number of hydrogen-bond donors (Lipinski definition) is 3. The summed E-state index contributed by atoms with van der Waals surface area (Å²) in [6.45, 7) is 4.82. The van der Waals surface area contributed by atoms with E-state index in [-0.39, 0.29) is 31.3 Å². The van der Waals surface area contributed by atoms with E-state index in [0.717, 1.165) is 12.1 Å². The van der Waals surface area contributed by atoms with Crippen LogP contribution < -0.4 is 16.0 Å². The second-order valence-electron chi connectivity index (χ2n) is 10.5. The Morgan fingerprint density at radius 2 is 1.49 bits per heavy atom. The lowest BCUT2D eigenvalue weighted by Crippen LogP contribution is -2.27. The molecule has 0 heterocycles. The van der Waals surface area contributed by atoms with E-state index in [9.17, 15) is 18.8 Å². The molecule has 0 saturated heterocycles. The third-order valence-corrected chi connectivity index (χ3v) is 8.61. The minimum Gasteiger partial charge on any atom is -0.444 e. The van der Waals surface area contributed by atoms with Crippen molar-refractivity contribution in [1.82, 2.24) is 0 Å². The van der Waals surface area contributed by atoms with Crippen LogP contribution in [0.3, 0.4) is 0 Å². The van der Waals surface area contributed by atoms with Crippen molar-refractivity contribution in [1.29, 1.82) is 0 Å². The van der Waals surface area contributed by atoms with Crippen LogP contribution in [0.4, 0.5) is 30.6 Å². The van der Waals surface area contributed by atoms with E-state index in [1.54, 1.807) is 20.8 Å². The molecule has 15 heteroatoms. The second-order valence-corrected chi connectivity index (χ2v) is 13.5. The van der Waals surface area contributed by atoms with Crippen LogP contribution >= 0.6 is 69.6 Å². The van der Waals surface area contributed by atoms with Gasteiger partial charge >= 0.3 is 6.09 Å². The zero-order valence-corrected chi connectivity index (χ0v) is 26.9. The molecule has 1 saturated carbocycles.